The molecule has 0 radical (unpaired) electrons. The number of H-pyrrole nitrogens is 2. The predicted molar refractivity (Wildman–Crippen MR) is 202 cm³/mol. The van der Waals surface area contributed by atoms with Crippen LogP contribution in [0, 0.1) is 11.8 Å². The highest BCUT2D eigenvalue weighted by atomic mass is 16.5. The van der Waals surface area contributed by atoms with Gasteiger partial charge in [-0.3, -0.25) is 9.59 Å². The summed E-state index contributed by atoms with van der Waals surface area (Å²) in [5.41, 5.74) is 5.76. The molecule has 0 saturated carbocycles. The summed E-state index contributed by atoms with van der Waals surface area (Å²) in [5.74, 6) is 0.941. The van der Waals surface area contributed by atoms with Crippen molar-refractivity contribution in [2.24, 2.45) is 11.8 Å². The number of carbonyl (C=O) groups is 4. The number of amides is 4. The number of nitrogens with zero attached hydrogens (tertiary/aromatic N) is 4. The number of rotatable bonds is 11. The van der Waals surface area contributed by atoms with E-state index in [-0.39, 0.29) is 35.7 Å². The average Bonchev–Trinajstić information content (AvgIpc) is 4.02. The van der Waals surface area contributed by atoms with Gasteiger partial charge in [0.15, 0.2) is 0 Å². The lowest BCUT2D eigenvalue weighted by atomic mass is 9.96. The lowest BCUT2D eigenvalue weighted by Gasteiger charge is -2.36. The second-order valence-electron chi connectivity index (χ2n) is 14.7. The molecule has 4 amide bonds. The third-order valence-electron chi connectivity index (χ3n) is 10.9. The average molecular weight is 753 g/mol. The van der Waals surface area contributed by atoms with Crippen LogP contribution in [0.3, 0.4) is 0 Å². The van der Waals surface area contributed by atoms with Crippen LogP contribution in [0.4, 0.5) is 9.59 Å². The first-order chi connectivity index (χ1) is 26.6. The van der Waals surface area contributed by atoms with Crippen molar-refractivity contribution in [2.75, 3.05) is 40.5 Å². The van der Waals surface area contributed by atoms with Crippen LogP contribution in [-0.4, -0.2) is 106 Å². The molecule has 3 saturated heterocycles. The molecule has 4 atom stereocenters. The molecular weight excluding hydrogens is 704 g/mol. The molecule has 2 aromatic heterocycles. The van der Waals surface area contributed by atoms with Gasteiger partial charge in [0.05, 0.1) is 63.3 Å². The molecule has 3 fully saturated rings. The highest BCUT2D eigenvalue weighted by molar-refractivity contribution is 5.87. The molecule has 55 heavy (non-hydrogen) atoms. The molecule has 0 aliphatic carbocycles. The maximum absolute atomic E-state index is 13.7. The molecule has 5 heterocycles. The Labute approximate surface area is 319 Å². The zero-order valence-electron chi connectivity index (χ0n) is 31.5. The molecule has 7 rings (SSSR count). The van der Waals surface area contributed by atoms with Crippen LogP contribution in [0.1, 0.15) is 63.3 Å². The zero-order valence-corrected chi connectivity index (χ0v) is 31.5. The molecule has 0 unspecified atom stereocenters. The summed E-state index contributed by atoms with van der Waals surface area (Å²) in [7, 11) is 2.57. The molecule has 2 aromatic carbocycles. The number of aromatic nitrogens is 4. The van der Waals surface area contributed by atoms with Crippen molar-refractivity contribution in [2.45, 2.75) is 63.7 Å². The monoisotopic (exact) mass is 752 g/mol. The van der Waals surface area contributed by atoms with Crippen LogP contribution in [0.25, 0.3) is 33.6 Å². The minimum atomic E-state index is -0.711. The molecule has 3 aliphatic heterocycles. The molecule has 0 spiro atoms. The topological polar surface area (TPSA) is 184 Å². The first kappa shape index (κ1) is 37.6. The molecule has 4 aromatic rings. The predicted octanol–water partition coefficient (Wildman–Crippen LogP) is 5.21. The molecular formula is C40H48N8O7. The maximum Gasteiger partial charge on any atom is 0.407 e. The molecule has 15 nitrogen and oxygen atoms in total. The van der Waals surface area contributed by atoms with Crippen LogP contribution in [0.15, 0.2) is 60.9 Å². The fourth-order valence-electron chi connectivity index (χ4n) is 7.69. The highest BCUT2D eigenvalue weighted by Gasteiger charge is 2.42. The van der Waals surface area contributed by atoms with E-state index in [1.807, 2.05) is 38.1 Å². The minimum absolute atomic E-state index is 0.0949. The normalized spacial score (nSPS) is 19.5. The fraction of sp³-hybridized carbons (Fsp3) is 0.450. The standard InChI is InChI=1S/C40H48N8O7/c1-23(2)33(45-39(51)53-3)37(49)47-17-5-7-31(47)35-41-19-29(43-35)26-13-9-24(10-14-26)25-11-15-27(16-12-25)30-20-42-36(44-30)32-8-6-18-48(32)38(50)34(28-21-55-22-28)46-40(52)54-4/h9-16,19-20,23,28,31-34H,5-8,17-18,21-22H2,1-4H3,(H,41,43)(H,42,44)(H,45,51)(H,46,52)/t31-,32-,33-,34+/m0/s1. The number of hydrogen-bond donors (Lipinski definition) is 4. The van der Waals surface area contributed by atoms with Gasteiger partial charge in [-0.05, 0) is 53.9 Å². The van der Waals surface area contributed by atoms with Crippen LogP contribution in [-0.2, 0) is 23.8 Å². The Morgan fingerprint density at radius 1 is 0.709 bits per heavy atom. The molecule has 15 heteroatoms. The van der Waals surface area contributed by atoms with Gasteiger partial charge >= 0.3 is 12.2 Å². The first-order valence-corrected chi connectivity index (χ1v) is 18.8. The van der Waals surface area contributed by atoms with Crippen molar-refractivity contribution in [1.29, 1.82) is 0 Å². The van der Waals surface area contributed by atoms with E-state index < -0.39 is 24.3 Å². The highest BCUT2D eigenvalue weighted by Crippen LogP contribution is 2.35. The second-order valence-corrected chi connectivity index (χ2v) is 14.7. The summed E-state index contributed by atoms with van der Waals surface area (Å²) in [5, 5.41) is 5.41. The van der Waals surface area contributed by atoms with E-state index in [0.717, 1.165) is 65.1 Å². The minimum Gasteiger partial charge on any atom is -0.453 e. The Bertz CT molecular complexity index is 1990. The second kappa shape index (κ2) is 16.3. The quantitative estimate of drug-likeness (QED) is 0.160. The van der Waals surface area contributed by atoms with Crippen molar-refractivity contribution in [3.63, 3.8) is 0 Å². The smallest absolute Gasteiger partial charge is 0.407 e. The fourth-order valence-corrected chi connectivity index (χ4v) is 7.69. The molecule has 290 valence electrons. The van der Waals surface area contributed by atoms with Gasteiger partial charge in [0.25, 0.3) is 0 Å². The number of imidazole rings is 2. The number of benzene rings is 2. The molecule has 4 N–H and O–H groups in total. The summed E-state index contributed by atoms with van der Waals surface area (Å²) < 4.78 is 14.8. The van der Waals surface area contributed by atoms with Gasteiger partial charge in [-0.1, -0.05) is 62.4 Å². The van der Waals surface area contributed by atoms with E-state index in [9.17, 15) is 19.2 Å². The number of carbonyl (C=O) groups excluding carboxylic acids is 4. The largest absolute Gasteiger partial charge is 0.453 e. The Balaban J connectivity index is 0.997. The van der Waals surface area contributed by atoms with Gasteiger partial charge < -0.3 is 44.6 Å². The van der Waals surface area contributed by atoms with Gasteiger partial charge in [-0.15, -0.1) is 0 Å². The third-order valence-corrected chi connectivity index (χ3v) is 10.9. The van der Waals surface area contributed by atoms with Gasteiger partial charge in [0.1, 0.15) is 23.7 Å². The Morgan fingerprint density at radius 3 is 1.60 bits per heavy atom. The number of hydrogen-bond acceptors (Lipinski definition) is 9. The van der Waals surface area contributed by atoms with E-state index in [2.05, 4.69) is 54.8 Å². The number of ether oxygens (including phenoxy) is 3. The number of nitrogens with one attached hydrogen (secondary N) is 4. The Morgan fingerprint density at radius 2 is 1.16 bits per heavy atom. The number of methoxy groups -OCH3 is 2. The summed E-state index contributed by atoms with van der Waals surface area (Å²) in [6.07, 6.45) is 5.57. The van der Waals surface area contributed by atoms with Gasteiger partial charge in [-0.2, -0.15) is 0 Å². The van der Waals surface area contributed by atoms with Crippen molar-refractivity contribution < 1.29 is 33.4 Å². The van der Waals surface area contributed by atoms with Crippen molar-refractivity contribution >= 4 is 24.0 Å². The summed E-state index contributed by atoms with van der Waals surface area (Å²) in [6.45, 7) is 5.80. The van der Waals surface area contributed by atoms with E-state index in [1.165, 1.54) is 14.2 Å². The zero-order chi connectivity index (χ0) is 38.6. The number of alkyl carbamates (subject to hydrolysis) is 2. The molecule has 3 aliphatic rings. The SMILES string of the molecule is COC(=O)N[C@H](C(=O)N1CCC[C@H]1c1ncc(-c2ccc(-c3ccc(-c4cnc([C@@H]5CCCN5C(=O)[C@H](NC(=O)OC)C5COC5)[nH]4)cc3)cc2)[nH]1)C(C)C. The third kappa shape index (κ3) is 7.93. The van der Waals surface area contributed by atoms with Crippen LogP contribution in [0.2, 0.25) is 0 Å². The van der Waals surface area contributed by atoms with Gasteiger partial charge in [0.2, 0.25) is 11.8 Å². The van der Waals surface area contributed by atoms with Crippen molar-refractivity contribution in [3.05, 3.63) is 72.6 Å². The maximum atomic E-state index is 13.7. The Kier molecular flexibility index (Phi) is 11.2. The number of likely N-dealkylation sites (tertiary alicyclic amines) is 2. The first-order valence-electron chi connectivity index (χ1n) is 18.8. The van der Waals surface area contributed by atoms with Gasteiger partial charge in [-0.25, -0.2) is 19.6 Å². The summed E-state index contributed by atoms with van der Waals surface area (Å²) in [4.78, 5) is 71.0. The van der Waals surface area contributed by atoms with Gasteiger partial charge in [0, 0.05) is 19.0 Å². The van der Waals surface area contributed by atoms with Crippen LogP contribution < -0.4 is 10.6 Å². The number of aromatic amines is 2. The summed E-state index contributed by atoms with van der Waals surface area (Å²) in [6, 6.07) is 14.6. The Hall–Kier alpha value is -5.70. The van der Waals surface area contributed by atoms with E-state index in [1.54, 1.807) is 22.2 Å². The summed E-state index contributed by atoms with van der Waals surface area (Å²) >= 11 is 0. The lowest BCUT2D eigenvalue weighted by Crippen LogP contribution is -2.56. The lowest BCUT2D eigenvalue weighted by molar-refractivity contribution is -0.142. The van der Waals surface area contributed by atoms with Crippen molar-refractivity contribution in [3.8, 4) is 33.6 Å². The van der Waals surface area contributed by atoms with E-state index in [0.29, 0.717) is 32.1 Å². The van der Waals surface area contributed by atoms with E-state index >= 15 is 0 Å². The molecule has 0 bridgehead atoms. The van der Waals surface area contributed by atoms with Crippen molar-refractivity contribution in [1.82, 2.24) is 40.4 Å². The van der Waals surface area contributed by atoms with E-state index in [4.69, 9.17) is 14.2 Å². The van der Waals surface area contributed by atoms with Crippen LogP contribution >= 0.6 is 0 Å². The van der Waals surface area contributed by atoms with Crippen LogP contribution in [0.5, 0.6) is 0 Å².